The van der Waals surface area contributed by atoms with Crippen molar-refractivity contribution in [2.75, 3.05) is 11.5 Å². The van der Waals surface area contributed by atoms with Crippen LogP contribution in [0.25, 0.3) is 44.6 Å². The highest BCUT2D eigenvalue weighted by Crippen LogP contribution is 2.66. The van der Waals surface area contributed by atoms with Crippen molar-refractivity contribution in [3.05, 3.63) is 191 Å². The zero-order valence-corrected chi connectivity index (χ0v) is 28.1. The first-order chi connectivity index (χ1) is 24.8. The van der Waals surface area contributed by atoms with Gasteiger partial charge in [0, 0.05) is 45.6 Å². The van der Waals surface area contributed by atoms with Crippen LogP contribution in [0, 0.1) is 0 Å². The normalized spacial score (nSPS) is 19.4. The van der Waals surface area contributed by atoms with Crippen LogP contribution >= 0.6 is 0 Å². The lowest BCUT2D eigenvalue weighted by Crippen LogP contribution is -2.56. The molecule has 1 heterocycles. The fourth-order valence-corrected chi connectivity index (χ4v) is 9.42. The molecule has 3 aliphatic carbocycles. The molecule has 0 bridgehead atoms. The SMILES string of the molecule is C=Cc1ccc(Cn2c3ccccc3c3cc(C4C5=C(C=CC4(N)N)c4ccc(N)cc4C54c5ccccc5-c5ccc(N)cc54)ccc32)cc1. The number of hydrogen-bond acceptors (Lipinski definition) is 4. The summed E-state index contributed by atoms with van der Waals surface area (Å²) in [5.74, 6) is -0.371. The number of nitrogens with zero attached hydrogens (tertiary/aromatic N) is 1. The molecule has 5 nitrogen and oxygen atoms in total. The van der Waals surface area contributed by atoms with Crippen LogP contribution in [0.1, 0.15) is 44.9 Å². The molecule has 51 heavy (non-hydrogen) atoms. The maximum atomic E-state index is 7.28. The molecule has 5 heteroatoms. The molecular weight excluding hydrogens is 623 g/mol. The van der Waals surface area contributed by atoms with Gasteiger partial charge in [-0.2, -0.15) is 0 Å². The second-order valence-electron chi connectivity index (χ2n) is 14.3. The number of hydrogen-bond donors (Lipinski definition) is 4. The summed E-state index contributed by atoms with van der Waals surface area (Å²) >= 11 is 0. The molecule has 7 aromatic rings. The number of nitrogens with two attached hydrogens (primary N) is 4. The summed E-state index contributed by atoms with van der Waals surface area (Å²) in [5.41, 5.74) is 42.3. The van der Waals surface area contributed by atoms with E-state index in [-0.39, 0.29) is 5.92 Å². The molecule has 2 unspecified atom stereocenters. The van der Waals surface area contributed by atoms with Gasteiger partial charge < -0.3 is 27.5 Å². The third-order valence-electron chi connectivity index (χ3n) is 11.5. The maximum absolute atomic E-state index is 7.28. The van der Waals surface area contributed by atoms with Gasteiger partial charge in [0.2, 0.25) is 0 Å². The molecule has 0 amide bonds. The van der Waals surface area contributed by atoms with Crippen LogP contribution in [0.2, 0.25) is 0 Å². The Balaban J connectivity index is 1.24. The Labute approximate surface area is 296 Å². The highest BCUT2D eigenvalue weighted by atomic mass is 15.0. The Morgan fingerprint density at radius 3 is 2.10 bits per heavy atom. The minimum atomic E-state index is -1.18. The van der Waals surface area contributed by atoms with Gasteiger partial charge in [-0.15, -0.1) is 0 Å². The second-order valence-corrected chi connectivity index (χ2v) is 14.3. The number of rotatable bonds is 4. The minimum absolute atomic E-state index is 0.371. The van der Waals surface area contributed by atoms with Crippen molar-refractivity contribution >= 4 is 44.8 Å². The van der Waals surface area contributed by atoms with Crippen LogP contribution < -0.4 is 22.9 Å². The number of benzene rings is 6. The molecule has 3 aliphatic rings. The summed E-state index contributed by atoms with van der Waals surface area (Å²) in [6, 6.07) is 45.3. The van der Waals surface area contributed by atoms with E-state index in [2.05, 4.69) is 132 Å². The quantitative estimate of drug-likeness (QED) is 0.112. The smallest absolute Gasteiger partial charge is 0.0941 e. The highest BCUT2D eigenvalue weighted by Gasteiger charge is 2.58. The molecule has 0 aliphatic heterocycles. The Bertz CT molecular complexity index is 2690. The lowest BCUT2D eigenvalue weighted by molar-refractivity contribution is 0.452. The summed E-state index contributed by atoms with van der Waals surface area (Å²) < 4.78 is 2.41. The predicted molar refractivity (Wildman–Crippen MR) is 212 cm³/mol. The number of para-hydroxylation sites is 1. The molecular formula is C46H37N5. The molecule has 0 radical (unpaired) electrons. The molecule has 0 fully saturated rings. The van der Waals surface area contributed by atoms with E-state index in [0.717, 1.165) is 56.6 Å². The Hall–Kier alpha value is -6.14. The molecule has 6 aromatic carbocycles. The topological polar surface area (TPSA) is 109 Å². The van der Waals surface area contributed by atoms with Crippen molar-refractivity contribution < 1.29 is 0 Å². The number of anilines is 2. The van der Waals surface area contributed by atoms with E-state index in [1.807, 2.05) is 24.3 Å². The second kappa shape index (κ2) is 10.4. The van der Waals surface area contributed by atoms with Gasteiger partial charge >= 0.3 is 0 Å². The fourth-order valence-electron chi connectivity index (χ4n) is 9.42. The van der Waals surface area contributed by atoms with Gasteiger partial charge in [-0.1, -0.05) is 104 Å². The van der Waals surface area contributed by atoms with Gasteiger partial charge in [0.05, 0.1) is 11.1 Å². The van der Waals surface area contributed by atoms with Crippen LogP contribution in [-0.4, -0.2) is 10.2 Å². The van der Waals surface area contributed by atoms with Gasteiger partial charge in [0.15, 0.2) is 0 Å². The van der Waals surface area contributed by atoms with E-state index in [1.165, 1.54) is 33.0 Å². The van der Waals surface area contributed by atoms with Crippen molar-refractivity contribution in [2.24, 2.45) is 11.5 Å². The summed E-state index contributed by atoms with van der Waals surface area (Å²) in [4.78, 5) is 0. The third kappa shape index (κ3) is 3.99. The molecule has 1 aromatic heterocycles. The molecule has 1 spiro atoms. The van der Waals surface area contributed by atoms with Crippen molar-refractivity contribution in [3.63, 3.8) is 0 Å². The Morgan fingerprint density at radius 1 is 0.647 bits per heavy atom. The van der Waals surface area contributed by atoms with Crippen molar-refractivity contribution in [1.29, 1.82) is 0 Å². The Morgan fingerprint density at radius 2 is 1.31 bits per heavy atom. The van der Waals surface area contributed by atoms with Crippen LogP contribution in [0.4, 0.5) is 11.4 Å². The van der Waals surface area contributed by atoms with E-state index in [1.54, 1.807) is 0 Å². The average molecular weight is 660 g/mol. The molecule has 10 rings (SSSR count). The standard InChI is InChI=1S/C46H37N5/c1-2-27-11-13-28(14-12-27)26-51-41-10-6-4-8-35(41)37-23-29(15-20-42(37)51)43-44-36(21-22-45(43,49)50)34-19-17-31(48)25-40(34)46(44)38-9-5-3-7-32(38)33-18-16-30(47)24-39(33)46/h2-25,43H,1,26,47-50H2. The zero-order chi connectivity index (χ0) is 34.6. The van der Waals surface area contributed by atoms with E-state index in [4.69, 9.17) is 22.9 Å². The fraction of sp³-hybridized carbons (Fsp3) is 0.0870. The summed E-state index contributed by atoms with van der Waals surface area (Å²) in [7, 11) is 0. The summed E-state index contributed by atoms with van der Waals surface area (Å²) in [6.45, 7) is 4.66. The third-order valence-corrected chi connectivity index (χ3v) is 11.5. The van der Waals surface area contributed by atoms with Gasteiger partial charge in [0.25, 0.3) is 0 Å². The van der Waals surface area contributed by atoms with E-state index >= 15 is 0 Å². The van der Waals surface area contributed by atoms with E-state index in [9.17, 15) is 0 Å². The van der Waals surface area contributed by atoms with E-state index in [0.29, 0.717) is 11.4 Å². The predicted octanol–water partition coefficient (Wildman–Crippen LogP) is 8.70. The van der Waals surface area contributed by atoms with Gasteiger partial charge in [-0.05, 0) is 110 Å². The summed E-state index contributed by atoms with van der Waals surface area (Å²) in [5, 5.41) is 2.36. The first-order valence-electron chi connectivity index (χ1n) is 17.4. The number of fused-ring (bicyclic) bond motifs is 12. The average Bonchev–Trinajstić information content (AvgIpc) is 3.72. The largest absolute Gasteiger partial charge is 0.399 e. The van der Waals surface area contributed by atoms with Crippen molar-refractivity contribution in [1.82, 2.24) is 4.57 Å². The number of aromatic nitrogens is 1. The van der Waals surface area contributed by atoms with Gasteiger partial charge in [-0.25, -0.2) is 0 Å². The molecule has 246 valence electrons. The van der Waals surface area contributed by atoms with Crippen molar-refractivity contribution in [2.45, 2.75) is 23.5 Å². The van der Waals surface area contributed by atoms with E-state index < -0.39 is 11.1 Å². The number of nitrogen functional groups attached to an aromatic ring is 2. The highest BCUT2D eigenvalue weighted by molar-refractivity contribution is 6.08. The molecule has 8 N–H and O–H groups in total. The first-order valence-corrected chi connectivity index (χ1v) is 17.4. The summed E-state index contributed by atoms with van der Waals surface area (Å²) in [6.07, 6.45) is 5.99. The number of allylic oxidation sites excluding steroid dienone is 2. The molecule has 0 saturated carbocycles. The lowest BCUT2D eigenvalue weighted by atomic mass is 9.61. The monoisotopic (exact) mass is 659 g/mol. The first kappa shape index (κ1) is 29.7. The maximum Gasteiger partial charge on any atom is 0.0941 e. The van der Waals surface area contributed by atoms with Crippen LogP contribution in [-0.2, 0) is 12.0 Å². The minimum Gasteiger partial charge on any atom is -0.399 e. The Kier molecular flexibility index (Phi) is 6.09. The van der Waals surface area contributed by atoms with Crippen molar-refractivity contribution in [3.8, 4) is 11.1 Å². The van der Waals surface area contributed by atoms with Crippen LogP contribution in [0.15, 0.2) is 152 Å². The molecule has 0 saturated heterocycles. The van der Waals surface area contributed by atoms with Crippen LogP contribution in [0.3, 0.4) is 0 Å². The zero-order valence-electron chi connectivity index (χ0n) is 28.1. The van der Waals surface area contributed by atoms with Gasteiger partial charge in [0.1, 0.15) is 0 Å². The van der Waals surface area contributed by atoms with Gasteiger partial charge in [-0.3, -0.25) is 0 Å². The van der Waals surface area contributed by atoms with Crippen LogP contribution in [0.5, 0.6) is 0 Å². The molecule has 2 atom stereocenters. The lowest BCUT2D eigenvalue weighted by Gasteiger charge is -2.43.